The molecule has 6 N–H and O–H groups in total. The molecule has 4 rings (SSSR count). The van der Waals surface area contributed by atoms with Crippen LogP contribution < -0.4 is 16.6 Å². The molecule has 0 saturated carbocycles. The van der Waals surface area contributed by atoms with Crippen molar-refractivity contribution in [2.75, 3.05) is 40.4 Å². The van der Waals surface area contributed by atoms with Crippen LogP contribution in [0.5, 0.6) is 0 Å². The van der Waals surface area contributed by atoms with Gasteiger partial charge in [0.15, 0.2) is 23.7 Å². The van der Waals surface area contributed by atoms with Crippen molar-refractivity contribution in [1.29, 1.82) is 0 Å². The Bertz CT molecular complexity index is 2690. The second-order valence-electron chi connectivity index (χ2n) is 21.4. The van der Waals surface area contributed by atoms with E-state index in [-0.39, 0.29) is 5.82 Å². The van der Waals surface area contributed by atoms with Crippen LogP contribution in [0.4, 0.5) is 4.39 Å². The molecule has 29 nitrogen and oxygen atoms in total. The predicted molar refractivity (Wildman–Crippen MR) is 265 cm³/mol. The Kier molecular flexibility index (Phi) is 22.5. The molecule has 79 heavy (non-hydrogen) atoms. The van der Waals surface area contributed by atoms with Crippen LogP contribution in [0.3, 0.4) is 0 Å². The molecule has 4 heterocycles. The molecule has 0 aromatic carbocycles. The SMILES string of the molecule is C#CC1(O)[C@@H](O)[C@@H](COP(=O)(OCOC(=O)C(C)(C)C)OCOC(=O)C(C)(C)C)O[C@H]1n1ccc(=O)[nH]c1=O.C#C[C@@]1(O)[C@H](O)[C@@H](COP(=O)(OCOC(=O)C(C)(C)C)OCOC(=O)C(C)(C)C)O[C@H]1N1C=C(F)C(=O)NC1=C. The highest BCUT2D eigenvalue weighted by atomic mass is 31.2. The summed E-state index contributed by atoms with van der Waals surface area (Å²) in [7, 11) is -9.35. The summed E-state index contributed by atoms with van der Waals surface area (Å²) in [5.74, 6) is -1.47. The van der Waals surface area contributed by atoms with Gasteiger partial charge in [0, 0.05) is 18.5 Å². The van der Waals surface area contributed by atoms with Gasteiger partial charge in [0.05, 0.1) is 34.9 Å². The van der Waals surface area contributed by atoms with E-state index in [1.165, 1.54) is 0 Å². The minimum atomic E-state index is -4.69. The average Bonchev–Trinajstić information content (AvgIpc) is 3.74. The van der Waals surface area contributed by atoms with Crippen LogP contribution in [-0.2, 0) is 88.7 Å². The van der Waals surface area contributed by atoms with Gasteiger partial charge >= 0.3 is 45.2 Å². The van der Waals surface area contributed by atoms with E-state index < -0.39 is 173 Å². The lowest BCUT2D eigenvalue weighted by Gasteiger charge is -2.36. The Hall–Kier alpha value is -5.66. The molecule has 0 spiro atoms. The van der Waals surface area contributed by atoms with Crippen molar-refractivity contribution in [3.63, 3.8) is 0 Å². The van der Waals surface area contributed by atoms with Crippen molar-refractivity contribution in [3.05, 3.63) is 57.5 Å². The zero-order valence-electron chi connectivity index (χ0n) is 45.3. The molecule has 0 radical (unpaired) electrons. The molecule has 1 aromatic rings. The molecule has 3 aliphatic rings. The number of ether oxygens (including phenoxy) is 6. The maximum absolute atomic E-state index is 14.0. The van der Waals surface area contributed by atoms with E-state index in [9.17, 15) is 67.5 Å². The molecule has 32 heteroatoms. The fraction of sp³-hybridized carbons (Fsp3) is 0.638. The maximum atomic E-state index is 14.0. The van der Waals surface area contributed by atoms with Gasteiger partial charge in [0.25, 0.3) is 11.5 Å². The summed E-state index contributed by atoms with van der Waals surface area (Å²) < 4.78 is 102. The number of amides is 1. The molecule has 1 aromatic heterocycles. The zero-order chi connectivity index (χ0) is 60.5. The fourth-order valence-electron chi connectivity index (χ4n) is 6.01. The number of aliphatic hydroxyl groups excluding tert-OH is 2. The Balaban J connectivity index is 0.000000415. The number of nitrogens with one attached hydrogen (secondary N) is 2. The van der Waals surface area contributed by atoms with Crippen molar-refractivity contribution in [1.82, 2.24) is 19.8 Å². The number of esters is 4. The number of rotatable bonds is 20. The molecule has 3 aliphatic heterocycles. The number of carbonyl (C=O) groups excluding carboxylic acids is 5. The highest BCUT2D eigenvalue weighted by molar-refractivity contribution is 7.48. The third kappa shape index (κ3) is 17.9. The van der Waals surface area contributed by atoms with Gasteiger partial charge in [-0.2, -0.15) is 4.39 Å². The first-order chi connectivity index (χ1) is 36.1. The number of hydrogen-bond acceptors (Lipinski definition) is 26. The van der Waals surface area contributed by atoms with Gasteiger partial charge in [0.1, 0.15) is 30.2 Å². The average molecular weight is 1170 g/mol. The van der Waals surface area contributed by atoms with Crippen molar-refractivity contribution in [3.8, 4) is 24.7 Å². The molecule has 8 atom stereocenters. The minimum absolute atomic E-state index is 0.225. The van der Waals surface area contributed by atoms with Gasteiger partial charge < -0.3 is 59.1 Å². The summed E-state index contributed by atoms with van der Waals surface area (Å²) in [4.78, 5) is 86.0. The van der Waals surface area contributed by atoms with Crippen molar-refractivity contribution >= 4 is 45.4 Å². The Morgan fingerprint density at radius 1 is 0.671 bits per heavy atom. The maximum Gasteiger partial charge on any atom is 0.480 e. The number of aromatic amines is 1. The summed E-state index contributed by atoms with van der Waals surface area (Å²) in [6.45, 7) is 17.3. The predicted octanol–water partition coefficient (Wildman–Crippen LogP) is 1.81. The number of hydrogen-bond donors (Lipinski definition) is 6. The van der Waals surface area contributed by atoms with Gasteiger partial charge in [0.2, 0.25) is 33.0 Å². The molecular formula is C47H67FN4O25P2. The summed E-state index contributed by atoms with van der Waals surface area (Å²) in [6, 6.07) is 0.964. The number of phosphoric ester groups is 2. The van der Waals surface area contributed by atoms with Crippen LogP contribution >= 0.6 is 15.6 Å². The first-order valence-corrected chi connectivity index (χ1v) is 26.3. The fourth-order valence-corrected chi connectivity index (χ4v) is 7.84. The number of halogens is 1. The number of nitrogens with zero attached hydrogens (tertiary/aromatic N) is 2. The third-order valence-electron chi connectivity index (χ3n) is 10.7. The quantitative estimate of drug-likeness (QED) is 0.0356. The number of aliphatic hydroxyl groups is 4. The Morgan fingerprint density at radius 2 is 1.01 bits per heavy atom. The highest BCUT2D eigenvalue weighted by Crippen LogP contribution is 2.52. The van der Waals surface area contributed by atoms with Crippen molar-refractivity contribution in [2.45, 2.75) is 131 Å². The van der Waals surface area contributed by atoms with Crippen molar-refractivity contribution in [2.24, 2.45) is 21.7 Å². The van der Waals surface area contributed by atoms with Gasteiger partial charge in [-0.1, -0.05) is 18.4 Å². The second kappa shape index (κ2) is 26.3. The first-order valence-electron chi connectivity index (χ1n) is 23.4. The van der Waals surface area contributed by atoms with E-state index >= 15 is 0 Å². The van der Waals surface area contributed by atoms with Crippen LogP contribution in [0.25, 0.3) is 0 Å². The van der Waals surface area contributed by atoms with Gasteiger partial charge in [-0.15, -0.1) is 12.8 Å². The van der Waals surface area contributed by atoms with Gasteiger partial charge in [-0.25, -0.2) is 32.0 Å². The number of carbonyl (C=O) groups is 5. The number of terminal acetylenes is 2. The highest BCUT2D eigenvalue weighted by Gasteiger charge is 2.59. The van der Waals surface area contributed by atoms with Crippen LogP contribution in [-0.4, -0.2) is 147 Å². The topological polar surface area (TPSA) is 381 Å². The van der Waals surface area contributed by atoms with Crippen LogP contribution in [0, 0.1) is 46.3 Å². The molecule has 1 unspecified atom stereocenters. The molecule has 0 aliphatic carbocycles. The minimum Gasteiger partial charge on any atom is -0.437 e. The molecular weight excluding hydrogens is 1100 g/mol. The summed E-state index contributed by atoms with van der Waals surface area (Å²) in [6.07, 6.45) is 2.28. The molecule has 0 bridgehead atoms. The van der Waals surface area contributed by atoms with E-state index in [0.29, 0.717) is 6.20 Å². The van der Waals surface area contributed by atoms with E-state index in [2.05, 4.69) is 11.9 Å². The van der Waals surface area contributed by atoms with E-state index in [4.69, 9.17) is 68.4 Å². The lowest BCUT2D eigenvalue weighted by atomic mass is 9.94. The van der Waals surface area contributed by atoms with E-state index in [1.54, 1.807) is 83.1 Å². The first kappa shape index (κ1) is 67.6. The normalized spacial score (nSPS) is 24.7. The third-order valence-corrected chi connectivity index (χ3v) is 13.3. The number of H-pyrrole nitrogens is 1. The molecule has 442 valence electrons. The zero-order valence-corrected chi connectivity index (χ0v) is 47.1. The lowest BCUT2D eigenvalue weighted by Crippen LogP contribution is -2.55. The van der Waals surface area contributed by atoms with E-state index in [1.807, 2.05) is 16.8 Å². The van der Waals surface area contributed by atoms with E-state index in [0.717, 1.165) is 21.7 Å². The second-order valence-corrected chi connectivity index (χ2v) is 24.7. The molecule has 2 fully saturated rings. The molecule has 1 amide bonds. The van der Waals surface area contributed by atoms with Crippen LogP contribution in [0.2, 0.25) is 0 Å². The van der Waals surface area contributed by atoms with Gasteiger partial charge in [-0.05, 0) is 83.1 Å². The standard InChI is InChI=1S/C24H34FN2O12P.C23H33N2O13P/c1-9-24(32)17(28)16(39-19(24)27-10-15(25)18(29)26-14(27)2)11-36-40(33,37-12-34-20(30)22(3,4)5)38-13-35-21(31)23(6,7)8;1-8-23(31)16(27)14(38-17(23)25-10-9-15(26)24-20(25)30)11-35-39(32,36-12-33-18(28)21(2,3)4)37-13-34-19(29)22(5,6)7/h1,10,16-17,19,28,32H,2,11-13H2,3-8H3,(H,26,29);1,9-10,14,16-17,27,31H,11-13H2,2-7H3,(H,24,26,30)/t16-,17-,19-,24-;14-,16+,17-,23?/m11/s1. The monoisotopic (exact) mass is 1170 g/mol. The largest absolute Gasteiger partial charge is 0.480 e. The number of aromatic nitrogens is 2. The molecule has 2 saturated heterocycles. The van der Waals surface area contributed by atoms with Gasteiger partial charge in [-0.3, -0.25) is 47.4 Å². The lowest BCUT2D eigenvalue weighted by molar-refractivity contribution is -0.165. The summed E-state index contributed by atoms with van der Waals surface area (Å²) in [5.41, 5.74) is -10.3. The number of phosphoric acid groups is 2. The smallest absolute Gasteiger partial charge is 0.437 e. The van der Waals surface area contributed by atoms with Crippen molar-refractivity contribution < 1.29 is 113 Å². The Morgan fingerprint density at radius 3 is 1.34 bits per heavy atom. The van der Waals surface area contributed by atoms with Crippen LogP contribution in [0.1, 0.15) is 89.3 Å². The summed E-state index contributed by atoms with van der Waals surface area (Å²) in [5, 5.41) is 45.3. The summed E-state index contributed by atoms with van der Waals surface area (Å²) >= 11 is 0. The Labute approximate surface area is 453 Å². The van der Waals surface area contributed by atoms with Crippen LogP contribution in [0.15, 0.2) is 46.3 Å².